The Kier molecular flexibility index (Phi) is 3.87. The van der Waals surface area contributed by atoms with Crippen molar-refractivity contribution in [2.45, 2.75) is 11.8 Å². The summed E-state index contributed by atoms with van der Waals surface area (Å²) < 4.78 is 0. The SMILES string of the molecule is Cc1ccc([S-])cc1.[Cu+]. The van der Waals surface area contributed by atoms with Crippen molar-refractivity contribution in [3.8, 4) is 0 Å². The molecule has 1 aromatic carbocycles. The largest absolute Gasteiger partial charge is 1.00 e. The predicted octanol–water partition coefficient (Wildman–Crippen LogP) is 1.90. The molecule has 0 aromatic heterocycles. The van der Waals surface area contributed by atoms with Gasteiger partial charge in [0, 0.05) is 0 Å². The normalized spacial score (nSPS) is 8.11. The zero-order valence-corrected chi connectivity index (χ0v) is 6.78. The van der Waals surface area contributed by atoms with E-state index in [0.29, 0.717) is 0 Å². The van der Waals surface area contributed by atoms with Crippen LogP contribution in [0.2, 0.25) is 0 Å². The van der Waals surface area contributed by atoms with Crippen molar-refractivity contribution in [1.82, 2.24) is 0 Å². The molecule has 0 saturated heterocycles. The first-order chi connectivity index (χ1) is 3.79. The fourth-order valence-electron chi connectivity index (χ4n) is 0.538. The molecule has 0 aliphatic heterocycles. The molecular weight excluding hydrogens is 180 g/mol. The third kappa shape index (κ3) is 2.85. The van der Waals surface area contributed by atoms with Gasteiger partial charge in [0.2, 0.25) is 0 Å². The molecule has 1 aromatic rings. The summed E-state index contributed by atoms with van der Waals surface area (Å²) in [4.78, 5) is 0.913. The van der Waals surface area contributed by atoms with Crippen molar-refractivity contribution in [3.05, 3.63) is 29.8 Å². The predicted molar refractivity (Wildman–Crippen MR) is 36.8 cm³/mol. The van der Waals surface area contributed by atoms with Crippen LogP contribution in [0.25, 0.3) is 0 Å². The molecule has 0 aliphatic carbocycles. The topological polar surface area (TPSA) is 0 Å². The second kappa shape index (κ2) is 3.89. The Bertz CT molecular complexity index is 148. The Morgan fingerprint density at radius 3 is 1.89 bits per heavy atom. The van der Waals surface area contributed by atoms with Gasteiger partial charge in [0.05, 0.1) is 0 Å². The summed E-state index contributed by atoms with van der Waals surface area (Å²) in [6, 6.07) is 7.90. The number of aryl methyl sites for hydroxylation is 1. The molecule has 0 spiro atoms. The molecule has 0 bridgehead atoms. The van der Waals surface area contributed by atoms with Crippen LogP contribution < -0.4 is 0 Å². The minimum Gasteiger partial charge on any atom is -0.780 e. The maximum atomic E-state index is 4.87. The van der Waals surface area contributed by atoms with Gasteiger partial charge in [-0.3, -0.25) is 0 Å². The number of hydrogen-bond acceptors (Lipinski definition) is 1. The Balaban J connectivity index is 0.000000640. The molecule has 0 saturated carbocycles. The summed E-state index contributed by atoms with van der Waals surface area (Å²) in [6.45, 7) is 2.05. The van der Waals surface area contributed by atoms with Crippen LogP contribution >= 0.6 is 0 Å². The third-order valence-electron chi connectivity index (χ3n) is 1.02. The Morgan fingerprint density at radius 2 is 1.56 bits per heavy atom. The quantitative estimate of drug-likeness (QED) is 0.441. The van der Waals surface area contributed by atoms with Gasteiger partial charge in [0.25, 0.3) is 0 Å². The van der Waals surface area contributed by atoms with Crippen LogP contribution in [0, 0.1) is 6.92 Å². The molecule has 0 heterocycles. The van der Waals surface area contributed by atoms with Crippen molar-refractivity contribution in [2.75, 3.05) is 0 Å². The van der Waals surface area contributed by atoms with Gasteiger partial charge in [0.1, 0.15) is 0 Å². The molecule has 2 heteroatoms. The standard InChI is InChI=1S/C7H8S.Cu/c1-6-2-4-7(8)5-3-6;/h2-5,8H,1H3;/q;+1/p-1. The molecule has 0 atom stereocenters. The summed E-state index contributed by atoms with van der Waals surface area (Å²) in [6.07, 6.45) is 0. The first-order valence-electron chi connectivity index (χ1n) is 2.53. The van der Waals surface area contributed by atoms with Gasteiger partial charge in [-0.25, -0.2) is 0 Å². The van der Waals surface area contributed by atoms with E-state index in [2.05, 4.69) is 6.92 Å². The zero-order chi connectivity index (χ0) is 5.98. The second-order valence-corrected chi connectivity index (χ2v) is 2.28. The van der Waals surface area contributed by atoms with Crippen LogP contribution in [0.4, 0.5) is 0 Å². The smallest absolute Gasteiger partial charge is 0.780 e. The van der Waals surface area contributed by atoms with Crippen LogP contribution in [-0.4, -0.2) is 0 Å². The Hall–Kier alpha value is -0.0405. The summed E-state index contributed by atoms with van der Waals surface area (Å²) in [5.74, 6) is 0. The molecule has 0 unspecified atom stereocenters. The molecule has 52 valence electrons. The van der Waals surface area contributed by atoms with E-state index in [1.807, 2.05) is 24.3 Å². The monoisotopic (exact) mass is 186 g/mol. The van der Waals surface area contributed by atoms with Gasteiger partial charge in [-0.1, -0.05) is 29.8 Å². The number of rotatable bonds is 0. The Labute approximate surface area is 71.5 Å². The maximum Gasteiger partial charge on any atom is 1.00 e. The number of benzene rings is 1. The average Bonchev–Trinajstić information content (AvgIpc) is 1.77. The third-order valence-corrected chi connectivity index (χ3v) is 1.29. The number of hydrogen-bond donors (Lipinski definition) is 0. The second-order valence-electron chi connectivity index (χ2n) is 1.81. The summed E-state index contributed by atoms with van der Waals surface area (Å²) >= 11 is 4.87. The van der Waals surface area contributed by atoms with E-state index in [9.17, 15) is 0 Å². The van der Waals surface area contributed by atoms with Crippen molar-refractivity contribution in [1.29, 1.82) is 0 Å². The van der Waals surface area contributed by atoms with Crippen molar-refractivity contribution in [2.24, 2.45) is 0 Å². The van der Waals surface area contributed by atoms with Crippen molar-refractivity contribution in [3.63, 3.8) is 0 Å². The fraction of sp³-hybridized carbons (Fsp3) is 0.143. The van der Waals surface area contributed by atoms with Gasteiger partial charge < -0.3 is 12.6 Å². The van der Waals surface area contributed by atoms with Gasteiger partial charge >= 0.3 is 17.1 Å². The average molecular weight is 187 g/mol. The van der Waals surface area contributed by atoms with E-state index in [4.69, 9.17) is 12.6 Å². The molecule has 0 radical (unpaired) electrons. The van der Waals surface area contributed by atoms with Gasteiger partial charge in [-0.05, 0) is 6.92 Å². The molecule has 0 amide bonds. The van der Waals surface area contributed by atoms with E-state index >= 15 is 0 Å². The van der Waals surface area contributed by atoms with E-state index in [1.165, 1.54) is 5.56 Å². The first kappa shape index (κ1) is 8.96. The van der Waals surface area contributed by atoms with Gasteiger partial charge in [-0.2, -0.15) is 4.90 Å². The van der Waals surface area contributed by atoms with Gasteiger partial charge in [-0.15, -0.1) is 0 Å². The Morgan fingerprint density at radius 1 is 1.11 bits per heavy atom. The molecular formula is C7H7CuS. The fourth-order valence-corrected chi connectivity index (χ4v) is 0.674. The molecule has 1 rings (SSSR count). The van der Waals surface area contributed by atoms with Crippen LogP contribution in [0.15, 0.2) is 29.2 Å². The molecule has 0 fully saturated rings. The van der Waals surface area contributed by atoms with Crippen LogP contribution in [0.3, 0.4) is 0 Å². The van der Waals surface area contributed by atoms with E-state index in [1.54, 1.807) is 0 Å². The zero-order valence-electron chi connectivity index (χ0n) is 5.02. The van der Waals surface area contributed by atoms with Crippen molar-refractivity contribution < 1.29 is 17.1 Å². The minimum absolute atomic E-state index is 0. The van der Waals surface area contributed by atoms with Crippen LogP contribution in [-0.2, 0) is 29.7 Å². The van der Waals surface area contributed by atoms with E-state index < -0.39 is 0 Å². The van der Waals surface area contributed by atoms with Crippen LogP contribution in [0.1, 0.15) is 5.56 Å². The summed E-state index contributed by atoms with van der Waals surface area (Å²) in [5, 5.41) is 0. The van der Waals surface area contributed by atoms with Gasteiger partial charge in [0.15, 0.2) is 0 Å². The molecule has 0 nitrogen and oxygen atoms in total. The van der Waals surface area contributed by atoms with E-state index in [-0.39, 0.29) is 17.1 Å². The van der Waals surface area contributed by atoms with Crippen molar-refractivity contribution >= 4 is 12.6 Å². The molecule has 0 N–H and O–H groups in total. The minimum atomic E-state index is 0. The molecule has 9 heavy (non-hydrogen) atoms. The van der Waals surface area contributed by atoms with Crippen LogP contribution in [0.5, 0.6) is 0 Å². The first-order valence-corrected chi connectivity index (χ1v) is 2.93. The summed E-state index contributed by atoms with van der Waals surface area (Å²) in [7, 11) is 0. The summed E-state index contributed by atoms with van der Waals surface area (Å²) in [5.41, 5.74) is 1.26. The molecule has 0 aliphatic rings. The van der Waals surface area contributed by atoms with E-state index in [0.717, 1.165) is 4.90 Å². The maximum absolute atomic E-state index is 4.87.